The third-order valence-electron chi connectivity index (χ3n) is 3.90. The molecule has 1 heterocycles. The Morgan fingerprint density at radius 2 is 1.78 bits per heavy atom. The summed E-state index contributed by atoms with van der Waals surface area (Å²) in [5, 5.41) is 5.12. The quantitative estimate of drug-likeness (QED) is 0.664. The largest absolute Gasteiger partial charge is 0.496 e. The van der Waals surface area contributed by atoms with Crippen molar-refractivity contribution < 1.29 is 22.7 Å². The van der Waals surface area contributed by atoms with E-state index < -0.39 is 16.0 Å². The van der Waals surface area contributed by atoms with E-state index in [0.29, 0.717) is 16.9 Å². The number of carbonyl (C=O) groups excluding carboxylic acids is 1. The number of methoxy groups -OCH3 is 1. The minimum atomic E-state index is -3.97. The number of aromatic nitrogens is 2. The second-order valence-corrected chi connectivity index (χ2v) is 7.29. The van der Waals surface area contributed by atoms with Crippen LogP contribution in [0.25, 0.3) is 11.0 Å². The lowest BCUT2D eigenvalue weighted by molar-refractivity contribution is 0.0463. The van der Waals surface area contributed by atoms with Crippen LogP contribution in [-0.2, 0) is 21.4 Å². The standard InChI is InChI=1S/C18H17N3O5S/c1-11-16(21-15-6-4-3-5-14(15)20-11)10-26-18(22)13-9-12(27(19,23)24)7-8-17(13)25-2/h3-9H,10H2,1-2H3,(H2,19,23,24). The summed E-state index contributed by atoms with van der Waals surface area (Å²) in [6.07, 6.45) is 0. The van der Waals surface area contributed by atoms with Gasteiger partial charge in [0.15, 0.2) is 0 Å². The van der Waals surface area contributed by atoms with E-state index in [-0.39, 0.29) is 22.8 Å². The molecule has 0 aliphatic heterocycles. The molecule has 0 unspecified atom stereocenters. The fraction of sp³-hybridized carbons (Fsp3) is 0.167. The molecule has 27 heavy (non-hydrogen) atoms. The summed E-state index contributed by atoms with van der Waals surface area (Å²) >= 11 is 0. The number of aryl methyl sites for hydroxylation is 1. The van der Waals surface area contributed by atoms with Crippen LogP contribution >= 0.6 is 0 Å². The van der Waals surface area contributed by atoms with Crippen LogP contribution in [-0.4, -0.2) is 31.5 Å². The molecule has 0 amide bonds. The van der Waals surface area contributed by atoms with Gasteiger partial charge < -0.3 is 9.47 Å². The fourth-order valence-electron chi connectivity index (χ4n) is 2.50. The highest BCUT2D eigenvalue weighted by Gasteiger charge is 2.19. The average Bonchev–Trinajstić information content (AvgIpc) is 2.64. The minimum Gasteiger partial charge on any atom is -0.496 e. The second-order valence-electron chi connectivity index (χ2n) is 5.73. The fourth-order valence-corrected chi connectivity index (χ4v) is 3.04. The first-order valence-electron chi connectivity index (χ1n) is 7.90. The Morgan fingerprint density at radius 1 is 1.11 bits per heavy atom. The molecule has 0 saturated carbocycles. The van der Waals surface area contributed by atoms with Gasteiger partial charge in [0.2, 0.25) is 10.0 Å². The van der Waals surface area contributed by atoms with E-state index in [9.17, 15) is 13.2 Å². The van der Waals surface area contributed by atoms with Gasteiger partial charge in [0.1, 0.15) is 17.9 Å². The third kappa shape index (κ3) is 4.04. The Kier molecular flexibility index (Phi) is 5.06. The number of para-hydroxylation sites is 2. The van der Waals surface area contributed by atoms with Gasteiger partial charge in [-0.15, -0.1) is 0 Å². The molecule has 0 saturated heterocycles. The Balaban J connectivity index is 1.87. The molecule has 9 heteroatoms. The Morgan fingerprint density at radius 3 is 2.41 bits per heavy atom. The van der Waals surface area contributed by atoms with Crippen molar-refractivity contribution in [3.8, 4) is 5.75 Å². The summed E-state index contributed by atoms with van der Waals surface area (Å²) in [5.74, 6) is -0.583. The molecule has 2 aromatic carbocycles. The van der Waals surface area contributed by atoms with Gasteiger partial charge in [-0.25, -0.2) is 28.3 Å². The highest BCUT2D eigenvalue weighted by Crippen LogP contribution is 2.23. The molecule has 0 spiro atoms. The van der Waals surface area contributed by atoms with Crippen molar-refractivity contribution in [1.29, 1.82) is 0 Å². The summed E-state index contributed by atoms with van der Waals surface area (Å²) in [6.45, 7) is 1.65. The summed E-state index contributed by atoms with van der Waals surface area (Å²) in [4.78, 5) is 21.1. The lowest BCUT2D eigenvalue weighted by Crippen LogP contribution is -2.14. The number of hydrogen-bond donors (Lipinski definition) is 1. The summed E-state index contributed by atoms with van der Waals surface area (Å²) in [7, 11) is -2.60. The SMILES string of the molecule is COc1ccc(S(N)(=O)=O)cc1C(=O)OCc1nc2ccccc2nc1C. The summed E-state index contributed by atoms with van der Waals surface area (Å²) < 4.78 is 33.4. The second kappa shape index (κ2) is 7.29. The molecule has 1 aromatic heterocycles. The number of hydrogen-bond acceptors (Lipinski definition) is 7. The zero-order chi connectivity index (χ0) is 19.6. The average molecular weight is 387 g/mol. The van der Waals surface area contributed by atoms with Gasteiger partial charge in [0.25, 0.3) is 0 Å². The number of esters is 1. The van der Waals surface area contributed by atoms with Gasteiger partial charge in [-0.3, -0.25) is 0 Å². The van der Waals surface area contributed by atoms with Crippen LogP contribution in [0.4, 0.5) is 0 Å². The molecule has 3 rings (SSSR count). The zero-order valence-corrected chi connectivity index (χ0v) is 15.5. The van der Waals surface area contributed by atoms with E-state index in [1.54, 1.807) is 6.92 Å². The van der Waals surface area contributed by atoms with E-state index in [1.165, 1.54) is 19.2 Å². The predicted molar refractivity (Wildman–Crippen MR) is 97.8 cm³/mol. The van der Waals surface area contributed by atoms with Gasteiger partial charge >= 0.3 is 5.97 Å². The number of benzene rings is 2. The van der Waals surface area contributed by atoms with E-state index in [2.05, 4.69) is 9.97 Å². The molecule has 8 nitrogen and oxygen atoms in total. The number of primary sulfonamides is 1. The van der Waals surface area contributed by atoms with Gasteiger partial charge in [-0.05, 0) is 37.3 Å². The van der Waals surface area contributed by atoms with Crippen molar-refractivity contribution in [2.24, 2.45) is 5.14 Å². The number of fused-ring (bicyclic) bond motifs is 1. The maximum Gasteiger partial charge on any atom is 0.342 e. The number of sulfonamides is 1. The number of rotatable bonds is 5. The van der Waals surface area contributed by atoms with E-state index >= 15 is 0 Å². The van der Waals surface area contributed by atoms with Crippen molar-refractivity contribution in [1.82, 2.24) is 9.97 Å². The first-order valence-corrected chi connectivity index (χ1v) is 9.44. The summed E-state index contributed by atoms with van der Waals surface area (Å²) in [6, 6.07) is 11.1. The smallest absolute Gasteiger partial charge is 0.342 e. The molecule has 3 aromatic rings. The van der Waals surface area contributed by atoms with Crippen molar-refractivity contribution in [2.45, 2.75) is 18.4 Å². The minimum absolute atomic E-state index is 0.0459. The molecule has 0 aliphatic rings. The number of carbonyl (C=O) groups is 1. The topological polar surface area (TPSA) is 121 Å². The third-order valence-corrected chi connectivity index (χ3v) is 4.81. The maximum atomic E-state index is 12.5. The molecule has 0 fully saturated rings. The van der Waals surface area contributed by atoms with Crippen molar-refractivity contribution >= 4 is 27.0 Å². The Bertz CT molecular complexity index is 1130. The summed E-state index contributed by atoms with van der Waals surface area (Å²) in [5.41, 5.74) is 2.52. The molecule has 0 atom stereocenters. The molecule has 0 bridgehead atoms. The molecular weight excluding hydrogens is 370 g/mol. The van der Waals surface area contributed by atoms with Gasteiger partial charge in [-0.1, -0.05) is 12.1 Å². The van der Waals surface area contributed by atoms with E-state index in [0.717, 1.165) is 11.6 Å². The van der Waals surface area contributed by atoms with Crippen LogP contribution in [0.2, 0.25) is 0 Å². The van der Waals surface area contributed by atoms with Crippen molar-refractivity contribution in [2.75, 3.05) is 7.11 Å². The van der Waals surface area contributed by atoms with E-state index in [1.807, 2.05) is 24.3 Å². The van der Waals surface area contributed by atoms with Crippen LogP contribution in [0.15, 0.2) is 47.4 Å². The molecule has 140 valence electrons. The zero-order valence-electron chi connectivity index (χ0n) is 14.7. The number of ether oxygens (including phenoxy) is 2. The first-order chi connectivity index (χ1) is 12.8. The van der Waals surface area contributed by atoms with Crippen LogP contribution in [0.1, 0.15) is 21.7 Å². The number of nitrogens with zero attached hydrogens (tertiary/aromatic N) is 2. The molecule has 0 radical (unpaired) electrons. The van der Waals surface area contributed by atoms with Gasteiger partial charge in [0, 0.05) is 0 Å². The van der Waals surface area contributed by atoms with Crippen LogP contribution < -0.4 is 9.88 Å². The molecule has 0 aliphatic carbocycles. The lowest BCUT2D eigenvalue weighted by Gasteiger charge is -2.11. The van der Waals surface area contributed by atoms with Crippen LogP contribution in [0, 0.1) is 6.92 Å². The van der Waals surface area contributed by atoms with Crippen molar-refractivity contribution in [3.63, 3.8) is 0 Å². The predicted octanol–water partition coefficient (Wildman–Crippen LogP) is 1.95. The monoisotopic (exact) mass is 387 g/mol. The van der Waals surface area contributed by atoms with Crippen LogP contribution in [0.3, 0.4) is 0 Å². The molecule has 2 N–H and O–H groups in total. The first kappa shape index (κ1) is 18.7. The van der Waals surface area contributed by atoms with Crippen LogP contribution in [0.5, 0.6) is 5.75 Å². The maximum absolute atomic E-state index is 12.5. The van der Waals surface area contributed by atoms with E-state index in [4.69, 9.17) is 14.6 Å². The van der Waals surface area contributed by atoms with Gasteiger partial charge in [-0.2, -0.15) is 0 Å². The lowest BCUT2D eigenvalue weighted by atomic mass is 10.2. The van der Waals surface area contributed by atoms with Crippen molar-refractivity contribution in [3.05, 3.63) is 59.4 Å². The number of nitrogens with two attached hydrogens (primary N) is 1. The Hall–Kier alpha value is -3.04. The highest BCUT2D eigenvalue weighted by atomic mass is 32.2. The Labute approximate surface area is 156 Å². The molecular formula is C18H17N3O5S. The van der Waals surface area contributed by atoms with Gasteiger partial charge in [0.05, 0.1) is 34.4 Å². The normalized spacial score (nSPS) is 11.4. The highest BCUT2D eigenvalue weighted by molar-refractivity contribution is 7.89.